The van der Waals surface area contributed by atoms with Crippen LogP contribution < -0.4 is 0 Å². The van der Waals surface area contributed by atoms with Crippen LogP contribution in [0.4, 0.5) is 4.79 Å². The van der Waals surface area contributed by atoms with E-state index in [1.54, 1.807) is 6.92 Å². The molecule has 2 amide bonds. The van der Waals surface area contributed by atoms with E-state index < -0.39 is 24.1 Å². The first-order valence-corrected chi connectivity index (χ1v) is 7.91. The van der Waals surface area contributed by atoms with Crippen molar-refractivity contribution in [2.75, 3.05) is 13.2 Å². The Morgan fingerprint density at radius 1 is 1.45 bits per heavy atom. The van der Waals surface area contributed by atoms with Gasteiger partial charge in [0.2, 0.25) is 0 Å². The Labute approximate surface area is 130 Å². The van der Waals surface area contributed by atoms with E-state index >= 15 is 0 Å². The van der Waals surface area contributed by atoms with Gasteiger partial charge in [-0.05, 0) is 18.4 Å². The summed E-state index contributed by atoms with van der Waals surface area (Å²) in [7, 11) is 0. The van der Waals surface area contributed by atoms with Gasteiger partial charge in [-0.25, -0.2) is 9.59 Å². The van der Waals surface area contributed by atoms with Crippen molar-refractivity contribution in [1.82, 2.24) is 9.96 Å². The molecule has 1 N–H and O–H groups in total. The summed E-state index contributed by atoms with van der Waals surface area (Å²) in [6.45, 7) is 2.29. The Morgan fingerprint density at radius 2 is 2.23 bits per heavy atom. The Hall–Kier alpha value is -2.12. The van der Waals surface area contributed by atoms with Crippen LogP contribution in [0.3, 0.4) is 0 Å². The average molecular weight is 318 g/mol. The zero-order chi connectivity index (χ0) is 15.4. The minimum atomic E-state index is -0.785. The van der Waals surface area contributed by atoms with Crippen LogP contribution in [0.1, 0.15) is 29.4 Å². The van der Waals surface area contributed by atoms with Crippen LogP contribution >= 0.6 is 11.3 Å². The molecule has 0 aliphatic carbocycles. The maximum Gasteiger partial charge on any atom is 0.345 e. The molecule has 22 heavy (non-hydrogen) atoms. The first kappa shape index (κ1) is 13.5. The van der Waals surface area contributed by atoms with Crippen molar-refractivity contribution in [3.05, 3.63) is 34.7 Å². The third-order valence-electron chi connectivity index (χ3n) is 4.17. The van der Waals surface area contributed by atoms with E-state index in [9.17, 15) is 14.8 Å². The van der Waals surface area contributed by atoms with Crippen molar-refractivity contribution in [2.45, 2.75) is 19.0 Å². The molecule has 1 aromatic heterocycles. The Kier molecular flexibility index (Phi) is 2.88. The maximum absolute atomic E-state index is 12.4. The Balaban J connectivity index is 1.96. The molecule has 2 aromatic rings. The van der Waals surface area contributed by atoms with Gasteiger partial charge < -0.3 is 9.64 Å². The van der Waals surface area contributed by atoms with E-state index in [-0.39, 0.29) is 6.61 Å². The molecule has 2 aliphatic rings. The standard InChI is InChI=1S/C15H14N2O4S/c1-2-21-14(18)12-11-8-5-3-4-6-10(8)22-13(11)9-7-16(12)15(19)17(9)20/h3-6,9,12,20H,2,7H2,1H3/t9-,12?/m0/s1. The number of urea groups is 1. The lowest BCUT2D eigenvalue weighted by Crippen LogP contribution is -2.38. The number of hydrogen-bond acceptors (Lipinski definition) is 5. The molecule has 7 heteroatoms. The fraction of sp³-hybridized carbons (Fsp3) is 0.333. The van der Waals surface area contributed by atoms with Gasteiger partial charge in [0, 0.05) is 15.1 Å². The Morgan fingerprint density at radius 3 is 3.00 bits per heavy atom. The van der Waals surface area contributed by atoms with Gasteiger partial charge in [-0.2, -0.15) is 5.06 Å². The summed E-state index contributed by atoms with van der Waals surface area (Å²) < 4.78 is 6.20. The van der Waals surface area contributed by atoms with Gasteiger partial charge in [0.05, 0.1) is 13.2 Å². The van der Waals surface area contributed by atoms with E-state index in [1.165, 1.54) is 16.2 Å². The quantitative estimate of drug-likeness (QED) is 0.683. The molecule has 1 saturated heterocycles. The molecular weight excluding hydrogens is 304 g/mol. The number of amides is 2. The fourth-order valence-electron chi connectivity index (χ4n) is 3.25. The highest BCUT2D eigenvalue weighted by atomic mass is 32.1. The van der Waals surface area contributed by atoms with E-state index in [2.05, 4.69) is 0 Å². The van der Waals surface area contributed by atoms with E-state index in [0.717, 1.165) is 25.6 Å². The van der Waals surface area contributed by atoms with Gasteiger partial charge >= 0.3 is 12.0 Å². The van der Waals surface area contributed by atoms with Crippen LogP contribution in [0, 0.1) is 0 Å². The number of thiophene rings is 1. The van der Waals surface area contributed by atoms with Crippen molar-refractivity contribution >= 4 is 33.4 Å². The van der Waals surface area contributed by atoms with Gasteiger partial charge in [0.1, 0.15) is 6.04 Å². The largest absolute Gasteiger partial charge is 0.464 e. The lowest BCUT2D eigenvalue weighted by molar-refractivity contribution is -0.148. The SMILES string of the molecule is CCOC(=O)C1c2c(sc3ccccc23)[C@@H]2CN1C(=O)N2O. The summed E-state index contributed by atoms with van der Waals surface area (Å²) >= 11 is 1.52. The minimum Gasteiger partial charge on any atom is -0.464 e. The molecule has 0 spiro atoms. The van der Waals surface area contributed by atoms with Crippen molar-refractivity contribution in [3.8, 4) is 0 Å². The molecule has 6 nitrogen and oxygen atoms in total. The number of carbonyl (C=O) groups excluding carboxylic acids is 2. The highest BCUT2D eigenvalue weighted by Gasteiger charge is 2.52. The molecule has 2 bridgehead atoms. The fourth-order valence-corrected chi connectivity index (χ4v) is 4.57. The molecule has 0 saturated carbocycles. The van der Waals surface area contributed by atoms with Crippen molar-refractivity contribution in [1.29, 1.82) is 0 Å². The third-order valence-corrected chi connectivity index (χ3v) is 5.45. The van der Waals surface area contributed by atoms with E-state index in [1.807, 2.05) is 24.3 Å². The van der Waals surface area contributed by atoms with Gasteiger partial charge in [0.25, 0.3) is 0 Å². The highest BCUT2D eigenvalue weighted by Crippen LogP contribution is 2.50. The first-order chi connectivity index (χ1) is 10.6. The van der Waals surface area contributed by atoms with Crippen molar-refractivity contribution < 1.29 is 19.5 Å². The number of hydrogen-bond donors (Lipinski definition) is 1. The summed E-state index contributed by atoms with van der Waals surface area (Å²) in [4.78, 5) is 26.9. The van der Waals surface area contributed by atoms with Crippen LogP contribution in [0.25, 0.3) is 10.1 Å². The van der Waals surface area contributed by atoms with Gasteiger partial charge in [-0.1, -0.05) is 18.2 Å². The second-order valence-corrected chi connectivity index (χ2v) is 6.41. The van der Waals surface area contributed by atoms with E-state index in [4.69, 9.17) is 4.74 Å². The lowest BCUT2D eigenvalue weighted by Gasteiger charge is -2.29. The number of nitrogens with zero attached hydrogens (tertiary/aromatic N) is 2. The second-order valence-electron chi connectivity index (χ2n) is 5.33. The predicted molar refractivity (Wildman–Crippen MR) is 79.7 cm³/mol. The number of benzene rings is 1. The summed E-state index contributed by atoms with van der Waals surface area (Å²) in [5, 5.41) is 11.7. The Bertz CT molecular complexity index is 787. The van der Waals surface area contributed by atoms with Gasteiger partial charge in [0.15, 0.2) is 6.04 Å². The number of carbonyl (C=O) groups is 2. The lowest BCUT2D eigenvalue weighted by atomic mass is 9.95. The van der Waals surface area contributed by atoms with Crippen LogP contribution in [-0.2, 0) is 9.53 Å². The average Bonchev–Trinajstić information content (AvgIpc) is 3.01. The van der Waals surface area contributed by atoms with Crippen molar-refractivity contribution in [3.63, 3.8) is 0 Å². The van der Waals surface area contributed by atoms with E-state index in [0.29, 0.717) is 6.54 Å². The molecule has 0 radical (unpaired) electrons. The van der Waals surface area contributed by atoms with Crippen LogP contribution in [0.2, 0.25) is 0 Å². The molecule has 1 fully saturated rings. The van der Waals surface area contributed by atoms with Crippen LogP contribution in [0.15, 0.2) is 24.3 Å². The van der Waals surface area contributed by atoms with Crippen molar-refractivity contribution in [2.24, 2.45) is 0 Å². The molecule has 3 heterocycles. The van der Waals surface area contributed by atoms with Gasteiger partial charge in [-0.15, -0.1) is 11.3 Å². The molecule has 1 unspecified atom stereocenters. The number of fused-ring (bicyclic) bond motifs is 6. The molecule has 2 aliphatic heterocycles. The molecule has 1 aromatic carbocycles. The topological polar surface area (TPSA) is 70.1 Å². The minimum absolute atomic E-state index is 0.251. The number of esters is 1. The van der Waals surface area contributed by atoms with Crippen LogP contribution in [-0.4, -0.2) is 40.3 Å². The summed E-state index contributed by atoms with van der Waals surface area (Å²) in [6, 6.07) is 6.02. The smallest absolute Gasteiger partial charge is 0.345 e. The first-order valence-electron chi connectivity index (χ1n) is 7.10. The highest BCUT2D eigenvalue weighted by molar-refractivity contribution is 7.19. The third kappa shape index (κ3) is 1.63. The summed E-state index contributed by atoms with van der Waals surface area (Å²) in [5.74, 6) is -0.450. The van der Waals surface area contributed by atoms with Gasteiger partial charge in [-0.3, -0.25) is 5.21 Å². The molecule has 114 valence electrons. The zero-order valence-electron chi connectivity index (χ0n) is 11.9. The summed E-state index contributed by atoms with van der Waals surface area (Å²) in [5.41, 5.74) is 0.792. The molecule has 2 atom stereocenters. The number of hydroxylamine groups is 2. The maximum atomic E-state index is 12.4. The molecular formula is C15H14N2O4S. The number of rotatable bonds is 2. The zero-order valence-corrected chi connectivity index (χ0v) is 12.7. The molecule has 4 rings (SSSR count). The predicted octanol–water partition coefficient (Wildman–Crippen LogP) is 2.69. The van der Waals surface area contributed by atoms with Crippen LogP contribution in [0.5, 0.6) is 0 Å². The second kappa shape index (κ2) is 4.69. The monoisotopic (exact) mass is 318 g/mol. The summed E-state index contributed by atoms with van der Waals surface area (Å²) in [6.07, 6.45) is 0. The normalized spacial score (nSPS) is 23.1. The number of ether oxygens (including phenoxy) is 1.